The minimum absolute atomic E-state index is 0.0267. The summed E-state index contributed by atoms with van der Waals surface area (Å²) in [4.78, 5) is 10.8. The highest BCUT2D eigenvalue weighted by Crippen LogP contribution is 2.51. The van der Waals surface area contributed by atoms with Crippen LogP contribution in [0.4, 0.5) is 0 Å². The molecule has 4 atom stereocenters. The van der Waals surface area contributed by atoms with E-state index in [9.17, 15) is 5.11 Å². The minimum atomic E-state index is -0.649. The van der Waals surface area contributed by atoms with Crippen molar-refractivity contribution in [3.8, 4) is 16.9 Å². The van der Waals surface area contributed by atoms with E-state index in [2.05, 4.69) is 18.0 Å². The van der Waals surface area contributed by atoms with Crippen molar-refractivity contribution in [2.45, 2.75) is 50.9 Å². The van der Waals surface area contributed by atoms with Crippen molar-refractivity contribution in [1.29, 1.82) is 0 Å². The van der Waals surface area contributed by atoms with Crippen LogP contribution < -0.4 is 10.5 Å². The molecule has 3 N–H and O–H groups in total. The lowest BCUT2D eigenvalue weighted by atomic mass is 9.68. The van der Waals surface area contributed by atoms with Crippen LogP contribution in [-0.2, 0) is 10.3 Å². The average molecular weight is 459 g/mol. The van der Waals surface area contributed by atoms with E-state index in [-0.39, 0.29) is 30.8 Å². The van der Waals surface area contributed by atoms with Crippen LogP contribution in [0.25, 0.3) is 11.1 Å². The van der Waals surface area contributed by atoms with Gasteiger partial charge in [-0.2, -0.15) is 0 Å². The van der Waals surface area contributed by atoms with Crippen molar-refractivity contribution in [2.24, 2.45) is 16.6 Å². The summed E-state index contributed by atoms with van der Waals surface area (Å²) < 4.78 is 12.5. The van der Waals surface area contributed by atoms with E-state index >= 15 is 0 Å². The lowest BCUT2D eigenvalue weighted by Crippen LogP contribution is -2.51. The Balaban J connectivity index is 1.83. The maximum Gasteiger partial charge on any atom is 0.193 e. The third-order valence-electron chi connectivity index (χ3n) is 6.65. The van der Waals surface area contributed by atoms with Crippen LogP contribution in [0.2, 0.25) is 5.02 Å². The fourth-order valence-corrected chi connectivity index (χ4v) is 5.08. The molecule has 0 amide bonds. The molecule has 2 aromatic rings. The summed E-state index contributed by atoms with van der Waals surface area (Å²) in [6, 6.07) is 8.00. The summed E-state index contributed by atoms with van der Waals surface area (Å²) in [6.45, 7) is 4.60. The van der Waals surface area contributed by atoms with Gasteiger partial charge in [0.05, 0.1) is 16.7 Å². The molecule has 1 aliphatic heterocycles. The van der Waals surface area contributed by atoms with Crippen LogP contribution in [0, 0.1) is 5.92 Å². The SMILES string of the molecule is CCO[C@H]1CCC2Oc3ccc(-c4cncc(Cl)c4)cc3C(C)(N=C(N)N(C)CO)[C@H]2C1. The van der Waals surface area contributed by atoms with Crippen molar-refractivity contribution in [3.05, 3.63) is 47.2 Å². The van der Waals surface area contributed by atoms with E-state index in [1.807, 2.05) is 25.1 Å². The molecule has 7 nitrogen and oxygen atoms in total. The summed E-state index contributed by atoms with van der Waals surface area (Å²) in [5, 5.41) is 10.2. The summed E-state index contributed by atoms with van der Waals surface area (Å²) in [7, 11) is 1.72. The molecule has 1 fully saturated rings. The molecule has 2 aliphatic rings. The average Bonchev–Trinajstić information content (AvgIpc) is 2.79. The second-order valence-electron chi connectivity index (χ2n) is 8.71. The third kappa shape index (κ3) is 4.29. The molecule has 0 saturated heterocycles. The number of rotatable bonds is 5. The van der Waals surface area contributed by atoms with Gasteiger partial charge in [-0.1, -0.05) is 17.7 Å². The number of aliphatic hydroxyl groups excluding tert-OH is 1. The number of benzene rings is 1. The molecule has 1 aliphatic carbocycles. The van der Waals surface area contributed by atoms with Gasteiger partial charge in [0.15, 0.2) is 5.96 Å². The number of hydrogen-bond acceptors (Lipinski definition) is 5. The van der Waals surface area contributed by atoms with Crippen molar-refractivity contribution in [1.82, 2.24) is 9.88 Å². The van der Waals surface area contributed by atoms with Crippen LogP contribution in [0.15, 0.2) is 41.7 Å². The fraction of sp³-hybridized carbons (Fsp3) is 0.500. The number of nitrogens with zero attached hydrogens (tertiary/aromatic N) is 3. The second-order valence-corrected chi connectivity index (χ2v) is 9.15. The van der Waals surface area contributed by atoms with E-state index in [0.717, 1.165) is 41.7 Å². The molecule has 1 aromatic heterocycles. The van der Waals surface area contributed by atoms with E-state index < -0.39 is 5.54 Å². The number of guanidine groups is 1. The van der Waals surface area contributed by atoms with Crippen molar-refractivity contribution in [2.75, 3.05) is 20.4 Å². The molecule has 1 saturated carbocycles. The van der Waals surface area contributed by atoms with Gasteiger partial charge in [-0.15, -0.1) is 0 Å². The molecule has 172 valence electrons. The van der Waals surface area contributed by atoms with Crippen LogP contribution in [0.5, 0.6) is 5.75 Å². The zero-order valence-electron chi connectivity index (χ0n) is 18.8. The molecule has 4 rings (SSSR count). The van der Waals surface area contributed by atoms with Gasteiger partial charge in [0.1, 0.15) is 18.6 Å². The highest BCUT2D eigenvalue weighted by molar-refractivity contribution is 6.30. The Labute approximate surface area is 194 Å². The molecular formula is C24H31ClN4O3. The maximum absolute atomic E-state index is 9.58. The normalized spacial score (nSPS) is 27.3. The lowest BCUT2D eigenvalue weighted by molar-refractivity contribution is -0.0526. The highest BCUT2D eigenvalue weighted by Gasteiger charge is 2.50. The molecule has 32 heavy (non-hydrogen) atoms. The number of ether oxygens (including phenoxy) is 2. The quantitative estimate of drug-likeness (QED) is 0.402. The van der Waals surface area contributed by atoms with Gasteiger partial charge >= 0.3 is 0 Å². The number of aromatic nitrogens is 1. The summed E-state index contributed by atoms with van der Waals surface area (Å²) in [5.41, 5.74) is 8.51. The molecular weight excluding hydrogens is 428 g/mol. The number of nitrogens with two attached hydrogens (primary N) is 1. The number of aliphatic hydroxyl groups is 1. The smallest absolute Gasteiger partial charge is 0.193 e. The van der Waals surface area contributed by atoms with E-state index in [1.165, 1.54) is 4.90 Å². The molecule has 0 radical (unpaired) electrons. The Hall–Kier alpha value is -2.35. The Morgan fingerprint density at radius 3 is 2.88 bits per heavy atom. The molecule has 2 unspecified atom stereocenters. The standard InChI is InChI=1S/C24H31ClN4O3/c1-4-31-18-6-8-22-20(11-18)24(2,28-23(26)29(3)14-30)19-10-15(5-7-21(19)32-22)16-9-17(25)13-27-12-16/h5,7,9-10,12-13,18,20,22,30H,4,6,8,11,14H2,1-3H3,(H2,26,28)/t18-,20-,22?,24?/m0/s1. The topological polar surface area (TPSA) is 93.2 Å². The summed E-state index contributed by atoms with van der Waals surface area (Å²) in [5.74, 6) is 1.18. The first-order valence-electron chi connectivity index (χ1n) is 11.1. The number of aliphatic imine (C=N–C) groups is 1. The van der Waals surface area contributed by atoms with Crippen molar-refractivity contribution < 1.29 is 14.6 Å². The number of hydrogen-bond donors (Lipinski definition) is 2. The van der Waals surface area contributed by atoms with E-state index in [1.54, 1.807) is 19.4 Å². The van der Waals surface area contributed by atoms with Gasteiger partial charge in [-0.25, -0.2) is 4.99 Å². The number of pyridine rings is 1. The summed E-state index contributed by atoms with van der Waals surface area (Å²) in [6.07, 6.45) is 6.29. The van der Waals surface area contributed by atoms with Gasteiger partial charge in [0, 0.05) is 43.1 Å². The third-order valence-corrected chi connectivity index (χ3v) is 6.86. The molecule has 0 bridgehead atoms. The monoisotopic (exact) mass is 458 g/mol. The number of halogens is 1. The van der Waals surface area contributed by atoms with Crippen LogP contribution in [0.1, 0.15) is 38.7 Å². The Bertz CT molecular complexity index is 1000. The first-order valence-corrected chi connectivity index (χ1v) is 11.4. The van der Waals surface area contributed by atoms with Gasteiger partial charge in [-0.3, -0.25) is 4.98 Å². The van der Waals surface area contributed by atoms with Crippen LogP contribution in [0.3, 0.4) is 0 Å². The maximum atomic E-state index is 9.58. The van der Waals surface area contributed by atoms with Gasteiger partial charge in [-0.05, 0) is 56.9 Å². The Kier molecular flexibility index (Phi) is 6.60. The van der Waals surface area contributed by atoms with Crippen molar-refractivity contribution >= 4 is 17.6 Å². The Morgan fingerprint density at radius 2 is 2.16 bits per heavy atom. The zero-order valence-corrected chi connectivity index (χ0v) is 19.5. The minimum Gasteiger partial charge on any atom is -0.490 e. The predicted molar refractivity (Wildman–Crippen MR) is 126 cm³/mol. The van der Waals surface area contributed by atoms with Crippen LogP contribution >= 0.6 is 11.6 Å². The fourth-order valence-electron chi connectivity index (χ4n) is 4.90. The molecule has 0 spiro atoms. The number of fused-ring (bicyclic) bond motifs is 2. The summed E-state index contributed by atoms with van der Waals surface area (Å²) >= 11 is 6.18. The Morgan fingerprint density at radius 1 is 1.34 bits per heavy atom. The van der Waals surface area contributed by atoms with E-state index in [0.29, 0.717) is 11.6 Å². The van der Waals surface area contributed by atoms with Gasteiger partial charge < -0.3 is 25.2 Å². The molecule has 2 heterocycles. The highest BCUT2D eigenvalue weighted by atomic mass is 35.5. The first-order chi connectivity index (χ1) is 15.4. The second kappa shape index (κ2) is 9.25. The predicted octanol–water partition coefficient (Wildman–Crippen LogP) is 3.78. The van der Waals surface area contributed by atoms with Crippen molar-refractivity contribution in [3.63, 3.8) is 0 Å². The van der Waals surface area contributed by atoms with E-state index in [4.69, 9.17) is 31.8 Å². The van der Waals surface area contributed by atoms with Gasteiger partial charge in [0.2, 0.25) is 0 Å². The first kappa shape index (κ1) is 22.8. The largest absolute Gasteiger partial charge is 0.490 e. The zero-order chi connectivity index (χ0) is 22.9. The molecule has 8 heteroatoms. The van der Waals surface area contributed by atoms with Gasteiger partial charge in [0.25, 0.3) is 0 Å². The van der Waals surface area contributed by atoms with Crippen LogP contribution in [-0.4, -0.2) is 53.5 Å². The lowest BCUT2D eigenvalue weighted by Gasteiger charge is -2.48. The molecule has 1 aromatic carbocycles.